The van der Waals surface area contributed by atoms with E-state index in [1.165, 1.54) is 25.9 Å². The molecule has 2 heterocycles. The summed E-state index contributed by atoms with van der Waals surface area (Å²) in [5, 5.41) is 3.01. The number of hydrogen-bond donors (Lipinski definition) is 1. The summed E-state index contributed by atoms with van der Waals surface area (Å²) in [6.45, 7) is 8.59. The van der Waals surface area contributed by atoms with Gasteiger partial charge in [-0.05, 0) is 25.9 Å². The zero-order valence-electron chi connectivity index (χ0n) is 11.2. The summed E-state index contributed by atoms with van der Waals surface area (Å²) in [6.07, 6.45) is 3.22. The number of hydrogen-bond acceptors (Lipinski definition) is 4. The van der Waals surface area contributed by atoms with Crippen LogP contribution in [0, 0.1) is 0 Å². The van der Waals surface area contributed by atoms with Gasteiger partial charge in [-0.25, -0.2) is 0 Å². The van der Waals surface area contributed by atoms with Crippen LogP contribution in [0.15, 0.2) is 0 Å². The van der Waals surface area contributed by atoms with Crippen molar-refractivity contribution in [2.24, 2.45) is 0 Å². The third-order valence-corrected chi connectivity index (χ3v) is 3.71. The molecule has 2 rings (SSSR count). The molecule has 2 aliphatic heterocycles. The molecule has 0 saturated carbocycles. The lowest BCUT2D eigenvalue weighted by Crippen LogP contribution is -2.41. The standard InChI is InChI=1S/C13H25N3O2/c17-13(3-7-15-5-1-2-6-15)14-4-8-16-9-11-18-12-10-16/h1-12H2,(H,14,17). The summed E-state index contributed by atoms with van der Waals surface area (Å²) in [7, 11) is 0. The zero-order chi connectivity index (χ0) is 12.6. The van der Waals surface area contributed by atoms with Crippen molar-refractivity contribution >= 4 is 5.91 Å². The lowest BCUT2D eigenvalue weighted by atomic mass is 10.3. The fraction of sp³-hybridized carbons (Fsp3) is 0.923. The molecule has 0 bridgehead atoms. The van der Waals surface area contributed by atoms with Crippen molar-refractivity contribution in [3.63, 3.8) is 0 Å². The molecule has 5 nitrogen and oxygen atoms in total. The predicted octanol–water partition coefficient (Wildman–Crippen LogP) is -0.0793. The van der Waals surface area contributed by atoms with Crippen molar-refractivity contribution in [3.8, 4) is 0 Å². The largest absolute Gasteiger partial charge is 0.379 e. The van der Waals surface area contributed by atoms with Gasteiger partial charge in [0.25, 0.3) is 0 Å². The summed E-state index contributed by atoms with van der Waals surface area (Å²) in [5.74, 6) is 0.190. The average molecular weight is 255 g/mol. The summed E-state index contributed by atoms with van der Waals surface area (Å²) in [6, 6.07) is 0. The Labute approximate surface area is 109 Å². The molecular weight excluding hydrogens is 230 g/mol. The van der Waals surface area contributed by atoms with Gasteiger partial charge in [0, 0.05) is 39.1 Å². The van der Waals surface area contributed by atoms with E-state index in [1.54, 1.807) is 0 Å². The molecule has 0 aromatic rings. The van der Waals surface area contributed by atoms with Gasteiger partial charge in [0.1, 0.15) is 0 Å². The van der Waals surface area contributed by atoms with E-state index in [0.717, 1.165) is 45.9 Å². The Morgan fingerprint density at radius 2 is 1.67 bits per heavy atom. The number of nitrogens with zero attached hydrogens (tertiary/aromatic N) is 2. The van der Waals surface area contributed by atoms with Gasteiger partial charge in [-0.1, -0.05) is 0 Å². The molecule has 5 heteroatoms. The Morgan fingerprint density at radius 3 is 2.39 bits per heavy atom. The minimum atomic E-state index is 0.190. The van der Waals surface area contributed by atoms with Crippen LogP contribution in [0.25, 0.3) is 0 Å². The quantitative estimate of drug-likeness (QED) is 0.721. The van der Waals surface area contributed by atoms with Crippen molar-refractivity contribution in [3.05, 3.63) is 0 Å². The van der Waals surface area contributed by atoms with Gasteiger partial charge in [-0.2, -0.15) is 0 Å². The molecule has 2 aliphatic rings. The number of likely N-dealkylation sites (tertiary alicyclic amines) is 1. The lowest BCUT2D eigenvalue weighted by molar-refractivity contribution is -0.121. The molecule has 18 heavy (non-hydrogen) atoms. The first-order chi connectivity index (χ1) is 8.84. The molecule has 0 atom stereocenters. The molecule has 1 amide bonds. The van der Waals surface area contributed by atoms with E-state index in [9.17, 15) is 4.79 Å². The van der Waals surface area contributed by atoms with E-state index in [0.29, 0.717) is 6.42 Å². The zero-order valence-corrected chi connectivity index (χ0v) is 11.2. The minimum absolute atomic E-state index is 0.190. The summed E-state index contributed by atoms with van der Waals surface area (Å²) < 4.78 is 5.29. The van der Waals surface area contributed by atoms with Gasteiger partial charge in [-0.15, -0.1) is 0 Å². The first-order valence-electron chi connectivity index (χ1n) is 7.14. The van der Waals surface area contributed by atoms with Crippen LogP contribution in [0.1, 0.15) is 19.3 Å². The van der Waals surface area contributed by atoms with Crippen LogP contribution in [-0.2, 0) is 9.53 Å². The van der Waals surface area contributed by atoms with Crippen LogP contribution in [0.3, 0.4) is 0 Å². The third-order valence-electron chi connectivity index (χ3n) is 3.71. The molecule has 0 unspecified atom stereocenters. The van der Waals surface area contributed by atoms with Crippen LogP contribution in [0.5, 0.6) is 0 Å². The number of nitrogens with one attached hydrogen (secondary N) is 1. The molecule has 2 saturated heterocycles. The van der Waals surface area contributed by atoms with Crippen LogP contribution in [-0.4, -0.2) is 74.7 Å². The van der Waals surface area contributed by atoms with Gasteiger partial charge in [0.2, 0.25) is 5.91 Å². The van der Waals surface area contributed by atoms with Crippen LogP contribution >= 0.6 is 0 Å². The van der Waals surface area contributed by atoms with E-state index in [1.807, 2.05) is 0 Å². The molecule has 1 N–H and O–H groups in total. The summed E-state index contributed by atoms with van der Waals surface area (Å²) in [5.41, 5.74) is 0. The molecule has 0 aromatic carbocycles. The molecule has 0 aromatic heterocycles. The maximum absolute atomic E-state index is 11.7. The van der Waals surface area contributed by atoms with E-state index in [2.05, 4.69) is 15.1 Å². The van der Waals surface area contributed by atoms with E-state index in [4.69, 9.17) is 4.74 Å². The topological polar surface area (TPSA) is 44.8 Å². The Morgan fingerprint density at radius 1 is 1.00 bits per heavy atom. The van der Waals surface area contributed by atoms with Crippen LogP contribution in [0.4, 0.5) is 0 Å². The van der Waals surface area contributed by atoms with Gasteiger partial charge in [0.15, 0.2) is 0 Å². The number of carbonyl (C=O) groups is 1. The average Bonchev–Trinajstić information content (AvgIpc) is 2.91. The molecule has 0 spiro atoms. The van der Waals surface area contributed by atoms with Gasteiger partial charge in [0.05, 0.1) is 13.2 Å². The van der Waals surface area contributed by atoms with Crippen LogP contribution < -0.4 is 5.32 Å². The number of morpholine rings is 1. The molecule has 0 radical (unpaired) electrons. The van der Waals surface area contributed by atoms with Gasteiger partial charge < -0.3 is 15.0 Å². The number of amides is 1. The predicted molar refractivity (Wildman–Crippen MR) is 70.6 cm³/mol. The first-order valence-corrected chi connectivity index (χ1v) is 7.14. The third kappa shape index (κ3) is 4.92. The first kappa shape index (κ1) is 13.8. The van der Waals surface area contributed by atoms with E-state index < -0.39 is 0 Å². The normalized spacial score (nSPS) is 22.2. The van der Waals surface area contributed by atoms with Crippen molar-refractivity contribution in [1.82, 2.24) is 15.1 Å². The Kier molecular flexibility index (Phi) is 5.90. The fourth-order valence-corrected chi connectivity index (χ4v) is 2.53. The van der Waals surface area contributed by atoms with Gasteiger partial charge in [-0.3, -0.25) is 9.69 Å². The number of rotatable bonds is 6. The second-order valence-corrected chi connectivity index (χ2v) is 5.10. The molecular formula is C13H25N3O2. The molecule has 104 valence electrons. The SMILES string of the molecule is O=C(CCN1CCCC1)NCCN1CCOCC1. The highest BCUT2D eigenvalue weighted by atomic mass is 16.5. The highest BCUT2D eigenvalue weighted by Crippen LogP contribution is 2.07. The van der Waals surface area contributed by atoms with Gasteiger partial charge >= 0.3 is 0 Å². The molecule has 2 fully saturated rings. The Balaban J connectivity index is 1.48. The monoisotopic (exact) mass is 255 g/mol. The second-order valence-electron chi connectivity index (χ2n) is 5.10. The summed E-state index contributed by atoms with van der Waals surface area (Å²) in [4.78, 5) is 16.4. The highest BCUT2D eigenvalue weighted by molar-refractivity contribution is 5.76. The van der Waals surface area contributed by atoms with Crippen molar-refractivity contribution in [2.75, 3.05) is 59.0 Å². The van der Waals surface area contributed by atoms with E-state index in [-0.39, 0.29) is 5.91 Å². The Hall–Kier alpha value is -0.650. The van der Waals surface area contributed by atoms with Crippen LogP contribution in [0.2, 0.25) is 0 Å². The minimum Gasteiger partial charge on any atom is -0.379 e. The summed E-state index contributed by atoms with van der Waals surface area (Å²) >= 11 is 0. The second kappa shape index (κ2) is 7.71. The number of ether oxygens (including phenoxy) is 1. The Bertz CT molecular complexity index is 249. The maximum atomic E-state index is 11.7. The van der Waals surface area contributed by atoms with E-state index >= 15 is 0 Å². The fourth-order valence-electron chi connectivity index (χ4n) is 2.53. The lowest BCUT2D eigenvalue weighted by Gasteiger charge is -2.26. The highest BCUT2D eigenvalue weighted by Gasteiger charge is 2.13. The van der Waals surface area contributed by atoms with Crippen molar-refractivity contribution in [1.29, 1.82) is 0 Å². The maximum Gasteiger partial charge on any atom is 0.221 e. The number of carbonyl (C=O) groups excluding carboxylic acids is 1. The van der Waals surface area contributed by atoms with Crippen molar-refractivity contribution in [2.45, 2.75) is 19.3 Å². The smallest absolute Gasteiger partial charge is 0.221 e. The molecule has 0 aliphatic carbocycles. The van der Waals surface area contributed by atoms with Crippen molar-refractivity contribution < 1.29 is 9.53 Å².